The number of ether oxygens (including phenoxy) is 1. The van der Waals surface area contributed by atoms with E-state index in [2.05, 4.69) is 5.32 Å². The molecule has 0 radical (unpaired) electrons. The number of rotatable bonds is 5. The van der Waals surface area contributed by atoms with Crippen LogP contribution in [0.2, 0.25) is 0 Å². The smallest absolute Gasteiger partial charge is 0.321 e. The Morgan fingerprint density at radius 3 is 2.38 bits per heavy atom. The number of hydrogen-bond donors (Lipinski definition) is 1. The molecule has 1 heterocycles. The number of benzene rings is 2. The molecule has 1 aliphatic heterocycles. The van der Waals surface area contributed by atoms with Gasteiger partial charge in [-0.15, -0.1) is 0 Å². The standard InChI is InChI=1S/C20H22N4O5/c1-15-7-8-17(24(27)28)18(13-15)29-14-19(25)22-9-11-23(12-10-22)20(26)21-16-5-3-2-4-6-16/h2-8,13H,9-12,14H2,1H3,(H,21,26). The lowest BCUT2D eigenvalue weighted by molar-refractivity contribution is -0.385. The van der Waals surface area contributed by atoms with Crippen molar-refractivity contribution >= 4 is 23.3 Å². The Morgan fingerprint density at radius 1 is 1.07 bits per heavy atom. The molecular weight excluding hydrogens is 376 g/mol. The van der Waals surface area contributed by atoms with E-state index in [0.717, 1.165) is 5.56 Å². The maximum absolute atomic E-state index is 12.4. The molecule has 0 aliphatic carbocycles. The van der Waals surface area contributed by atoms with Crippen LogP contribution in [-0.2, 0) is 4.79 Å². The van der Waals surface area contributed by atoms with Gasteiger partial charge in [-0.05, 0) is 30.7 Å². The summed E-state index contributed by atoms with van der Waals surface area (Å²) >= 11 is 0. The van der Waals surface area contributed by atoms with Gasteiger partial charge in [0.2, 0.25) is 0 Å². The van der Waals surface area contributed by atoms with Crippen molar-refractivity contribution in [2.75, 3.05) is 38.1 Å². The van der Waals surface area contributed by atoms with E-state index in [-0.39, 0.29) is 30.0 Å². The Kier molecular flexibility index (Phi) is 6.28. The molecule has 29 heavy (non-hydrogen) atoms. The van der Waals surface area contributed by atoms with Gasteiger partial charge in [-0.3, -0.25) is 14.9 Å². The van der Waals surface area contributed by atoms with Crippen molar-refractivity contribution in [2.24, 2.45) is 0 Å². The number of anilines is 1. The minimum Gasteiger partial charge on any atom is -0.477 e. The summed E-state index contributed by atoms with van der Waals surface area (Å²) in [6.45, 7) is 3.04. The zero-order chi connectivity index (χ0) is 20.8. The monoisotopic (exact) mass is 398 g/mol. The fourth-order valence-electron chi connectivity index (χ4n) is 3.00. The fraction of sp³-hybridized carbons (Fsp3) is 0.300. The average molecular weight is 398 g/mol. The topological polar surface area (TPSA) is 105 Å². The van der Waals surface area contributed by atoms with Gasteiger partial charge in [-0.2, -0.15) is 0 Å². The predicted octanol–water partition coefficient (Wildman–Crippen LogP) is 2.66. The molecule has 0 aromatic heterocycles. The molecule has 1 N–H and O–H groups in total. The van der Waals surface area contributed by atoms with Crippen molar-refractivity contribution in [1.29, 1.82) is 0 Å². The van der Waals surface area contributed by atoms with E-state index in [1.165, 1.54) is 12.1 Å². The summed E-state index contributed by atoms with van der Waals surface area (Å²) in [7, 11) is 0. The summed E-state index contributed by atoms with van der Waals surface area (Å²) in [4.78, 5) is 38.5. The zero-order valence-electron chi connectivity index (χ0n) is 16.0. The largest absolute Gasteiger partial charge is 0.477 e. The summed E-state index contributed by atoms with van der Waals surface area (Å²) in [5.74, 6) is -0.201. The summed E-state index contributed by atoms with van der Waals surface area (Å²) in [5, 5.41) is 13.9. The fourth-order valence-corrected chi connectivity index (χ4v) is 3.00. The van der Waals surface area contributed by atoms with Gasteiger partial charge in [0.25, 0.3) is 5.91 Å². The van der Waals surface area contributed by atoms with Crippen LogP contribution in [0.15, 0.2) is 48.5 Å². The van der Waals surface area contributed by atoms with Crippen molar-refractivity contribution in [2.45, 2.75) is 6.92 Å². The summed E-state index contributed by atoms with van der Waals surface area (Å²) in [5.41, 5.74) is 1.34. The highest BCUT2D eigenvalue weighted by Gasteiger charge is 2.25. The number of aryl methyl sites for hydroxylation is 1. The molecule has 0 spiro atoms. The number of piperazine rings is 1. The highest BCUT2D eigenvalue weighted by molar-refractivity contribution is 5.89. The molecular formula is C20H22N4O5. The van der Waals surface area contributed by atoms with E-state index in [4.69, 9.17) is 4.74 Å². The summed E-state index contributed by atoms with van der Waals surface area (Å²) in [6.07, 6.45) is 0. The van der Waals surface area contributed by atoms with E-state index in [1.807, 2.05) is 18.2 Å². The Bertz CT molecular complexity index is 895. The number of nitrogens with one attached hydrogen (secondary N) is 1. The van der Waals surface area contributed by atoms with E-state index in [9.17, 15) is 19.7 Å². The summed E-state index contributed by atoms with van der Waals surface area (Å²) in [6, 6.07) is 13.5. The number of amides is 3. The molecule has 2 aromatic carbocycles. The second kappa shape index (κ2) is 9.05. The number of nitro benzene ring substituents is 1. The number of carbonyl (C=O) groups excluding carboxylic acids is 2. The molecule has 3 amide bonds. The van der Waals surface area contributed by atoms with Crippen LogP contribution in [0.5, 0.6) is 5.75 Å². The normalized spacial score (nSPS) is 13.7. The third-order valence-corrected chi connectivity index (χ3v) is 4.61. The minimum atomic E-state index is -0.538. The highest BCUT2D eigenvalue weighted by Crippen LogP contribution is 2.27. The first-order valence-electron chi connectivity index (χ1n) is 9.20. The third-order valence-electron chi connectivity index (χ3n) is 4.61. The molecule has 2 aromatic rings. The lowest BCUT2D eigenvalue weighted by Gasteiger charge is -2.34. The molecule has 0 saturated carbocycles. The molecule has 0 atom stereocenters. The van der Waals surface area contributed by atoms with Crippen LogP contribution in [-0.4, -0.2) is 59.4 Å². The van der Waals surface area contributed by atoms with Gasteiger partial charge in [0.1, 0.15) is 0 Å². The average Bonchev–Trinajstić information content (AvgIpc) is 2.72. The Labute approximate surface area is 168 Å². The maximum Gasteiger partial charge on any atom is 0.321 e. The molecule has 0 bridgehead atoms. The van der Waals surface area contributed by atoms with Gasteiger partial charge < -0.3 is 19.9 Å². The second-order valence-corrected chi connectivity index (χ2v) is 6.68. The molecule has 3 rings (SSSR count). The van der Waals surface area contributed by atoms with Crippen LogP contribution in [0.3, 0.4) is 0 Å². The first kappa shape index (κ1) is 20.1. The van der Waals surface area contributed by atoms with Crippen molar-refractivity contribution in [3.63, 3.8) is 0 Å². The molecule has 1 fully saturated rings. The van der Waals surface area contributed by atoms with Crippen LogP contribution in [0.1, 0.15) is 5.56 Å². The lowest BCUT2D eigenvalue weighted by Crippen LogP contribution is -2.52. The van der Waals surface area contributed by atoms with Gasteiger partial charge in [-0.1, -0.05) is 24.3 Å². The van der Waals surface area contributed by atoms with Crippen molar-refractivity contribution < 1.29 is 19.2 Å². The van der Waals surface area contributed by atoms with E-state index < -0.39 is 4.92 Å². The highest BCUT2D eigenvalue weighted by atomic mass is 16.6. The maximum atomic E-state index is 12.4. The van der Waals surface area contributed by atoms with Crippen LogP contribution < -0.4 is 10.1 Å². The number of hydrogen-bond acceptors (Lipinski definition) is 5. The number of para-hydroxylation sites is 1. The van der Waals surface area contributed by atoms with Crippen molar-refractivity contribution in [3.05, 3.63) is 64.2 Å². The molecule has 1 aliphatic rings. The zero-order valence-corrected chi connectivity index (χ0v) is 16.0. The Morgan fingerprint density at radius 2 is 1.72 bits per heavy atom. The minimum absolute atomic E-state index is 0.0734. The number of nitrogens with zero attached hydrogens (tertiary/aromatic N) is 3. The number of carbonyl (C=O) groups is 2. The van der Waals surface area contributed by atoms with Gasteiger partial charge in [0.05, 0.1) is 4.92 Å². The van der Waals surface area contributed by atoms with Crippen LogP contribution in [0.25, 0.3) is 0 Å². The van der Waals surface area contributed by atoms with Gasteiger partial charge in [0, 0.05) is 37.9 Å². The van der Waals surface area contributed by atoms with E-state index >= 15 is 0 Å². The molecule has 9 nitrogen and oxygen atoms in total. The van der Waals surface area contributed by atoms with Crippen LogP contribution in [0, 0.1) is 17.0 Å². The van der Waals surface area contributed by atoms with Gasteiger partial charge >= 0.3 is 11.7 Å². The van der Waals surface area contributed by atoms with E-state index in [1.54, 1.807) is 34.9 Å². The molecule has 0 unspecified atom stereocenters. The number of urea groups is 1. The first-order valence-corrected chi connectivity index (χ1v) is 9.20. The van der Waals surface area contributed by atoms with Crippen LogP contribution >= 0.6 is 0 Å². The SMILES string of the molecule is Cc1ccc([N+](=O)[O-])c(OCC(=O)N2CCN(C(=O)Nc3ccccc3)CC2)c1. The second-order valence-electron chi connectivity index (χ2n) is 6.68. The Balaban J connectivity index is 1.50. The first-order chi connectivity index (χ1) is 13.9. The molecule has 1 saturated heterocycles. The van der Waals surface area contributed by atoms with E-state index in [0.29, 0.717) is 31.9 Å². The summed E-state index contributed by atoms with van der Waals surface area (Å²) < 4.78 is 5.42. The predicted molar refractivity (Wildman–Crippen MR) is 107 cm³/mol. The van der Waals surface area contributed by atoms with Crippen LogP contribution in [0.4, 0.5) is 16.2 Å². The molecule has 152 valence electrons. The van der Waals surface area contributed by atoms with Crippen molar-refractivity contribution in [1.82, 2.24) is 9.80 Å². The quantitative estimate of drug-likeness (QED) is 0.616. The lowest BCUT2D eigenvalue weighted by atomic mass is 10.2. The number of nitro groups is 1. The van der Waals surface area contributed by atoms with Gasteiger partial charge in [0.15, 0.2) is 12.4 Å². The van der Waals surface area contributed by atoms with Gasteiger partial charge in [-0.25, -0.2) is 4.79 Å². The molecule has 9 heteroatoms. The third kappa shape index (κ3) is 5.22. The van der Waals surface area contributed by atoms with Crippen molar-refractivity contribution in [3.8, 4) is 5.75 Å². The Hall–Kier alpha value is -3.62.